The Balaban J connectivity index is 1.33. The summed E-state index contributed by atoms with van der Waals surface area (Å²) in [6, 6.07) is 17.2. The molecular formula is C23H23N7O2. The molecule has 1 aliphatic heterocycles. The van der Waals surface area contributed by atoms with Gasteiger partial charge in [-0.05, 0) is 25.1 Å². The van der Waals surface area contributed by atoms with Crippen LogP contribution >= 0.6 is 0 Å². The SMILES string of the molecule is Cc1nn(CC(=O)N2CCN(c3ccccn3)CC2)c(=O)c2cc(-c3ccccc3)nn12. The maximum absolute atomic E-state index is 13.0. The Kier molecular flexibility index (Phi) is 5.14. The molecule has 1 aromatic carbocycles. The summed E-state index contributed by atoms with van der Waals surface area (Å²) < 4.78 is 2.78. The second kappa shape index (κ2) is 8.26. The van der Waals surface area contributed by atoms with E-state index in [4.69, 9.17) is 0 Å². The highest BCUT2D eigenvalue weighted by Gasteiger charge is 2.23. The van der Waals surface area contributed by atoms with Crippen LogP contribution in [-0.2, 0) is 11.3 Å². The molecule has 0 aliphatic carbocycles. The van der Waals surface area contributed by atoms with Gasteiger partial charge >= 0.3 is 0 Å². The van der Waals surface area contributed by atoms with Gasteiger partial charge in [0.05, 0.1) is 5.69 Å². The number of anilines is 1. The zero-order valence-corrected chi connectivity index (χ0v) is 17.8. The van der Waals surface area contributed by atoms with Crippen LogP contribution < -0.4 is 10.5 Å². The number of aromatic nitrogens is 5. The fourth-order valence-electron chi connectivity index (χ4n) is 3.99. The number of benzene rings is 1. The monoisotopic (exact) mass is 429 g/mol. The summed E-state index contributed by atoms with van der Waals surface area (Å²) in [6.45, 7) is 4.25. The molecule has 0 unspecified atom stereocenters. The van der Waals surface area contributed by atoms with Crippen LogP contribution in [0.2, 0.25) is 0 Å². The highest BCUT2D eigenvalue weighted by atomic mass is 16.2. The minimum absolute atomic E-state index is 0.0917. The number of hydrogen-bond acceptors (Lipinski definition) is 6. The van der Waals surface area contributed by atoms with Gasteiger partial charge in [-0.25, -0.2) is 14.2 Å². The Hall–Kier alpha value is -4.01. The third-order valence-electron chi connectivity index (χ3n) is 5.70. The molecule has 162 valence electrons. The van der Waals surface area contributed by atoms with Crippen molar-refractivity contribution in [3.63, 3.8) is 0 Å². The van der Waals surface area contributed by atoms with Gasteiger partial charge in [-0.1, -0.05) is 36.4 Å². The maximum atomic E-state index is 13.0. The molecule has 1 aliphatic rings. The number of carbonyl (C=O) groups excluding carboxylic acids is 1. The first-order valence-electron chi connectivity index (χ1n) is 10.6. The van der Waals surface area contributed by atoms with Gasteiger partial charge in [0.2, 0.25) is 5.91 Å². The summed E-state index contributed by atoms with van der Waals surface area (Å²) in [4.78, 5) is 34.2. The summed E-state index contributed by atoms with van der Waals surface area (Å²) in [5.41, 5.74) is 1.70. The Morgan fingerprint density at radius 1 is 0.969 bits per heavy atom. The van der Waals surface area contributed by atoms with E-state index in [0.29, 0.717) is 43.2 Å². The van der Waals surface area contributed by atoms with E-state index in [-0.39, 0.29) is 18.0 Å². The van der Waals surface area contributed by atoms with Crippen molar-refractivity contribution in [2.75, 3.05) is 31.1 Å². The maximum Gasteiger partial charge on any atom is 0.293 e. The van der Waals surface area contributed by atoms with Gasteiger partial charge in [0.1, 0.15) is 23.7 Å². The van der Waals surface area contributed by atoms with Crippen molar-refractivity contribution in [1.82, 2.24) is 29.3 Å². The smallest absolute Gasteiger partial charge is 0.293 e. The van der Waals surface area contributed by atoms with E-state index in [1.165, 1.54) is 9.20 Å². The van der Waals surface area contributed by atoms with Crippen LogP contribution in [0.3, 0.4) is 0 Å². The van der Waals surface area contributed by atoms with Crippen molar-refractivity contribution >= 4 is 17.2 Å². The molecule has 9 nitrogen and oxygen atoms in total. The largest absolute Gasteiger partial charge is 0.353 e. The van der Waals surface area contributed by atoms with Gasteiger partial charge in [0.25, 0.3) is 5.56 Å². The molecular weight excluding hydrogens is 406 g/mol. The zero-order valence-electron chi connectivity index (χ0n) is 17.8. The van der Waals surface area contributed by atoms with Gasteiger partial charge in [-0.2, -0.15) is 10.2 Å². The molecule has 5 rings (SSSR count). The average Bonchev–Trinajstić information content (AvgIpc) is 3.30. The number of pyridine rings is 1. The lowest BCUT2D eigenvalue weighted by Crippen LogP contribution is -2.50. The average molecular weight is 429 g/mol. The fraction of sp³-hybridized carbons (Fsp3) is 0.261. The number of rotatable bonds is 4. The Morgan fingerprint density at radius 3 is 2.44 bits per heavy atom. The molecule has 0 N–H and O–H groups in total. The molecule has 1 saturated heterocycles. The molecule has 32 heavy (non-hydrogen) atoms. The number of hydrogen-bond donors (Lipinski definition) is 0. The van der Waals surface area contributed by atoms with Crippen LogP contribution in [0.5, 0.6) is 0 Å². The minimum atomic E-state index is -0.328. The number of amides is 1. The molecule has 4 aromatic rings. The van der Waals surface area contributed by atoms with Gasteiger partial charge in [0, 0.05) is 37.9 Å². The topological polar surface area (TPSA) is 88.6 Å². The lowest BCUT2D eigenvalue weighted by Gasteiger charge is -2.35. The second-order valence-electron chi connectivity index (χ2n) is 7.76. The minimum Gasteiger partial charge on any atom is -0.353 e. The van der Waals surface area contributed by atoms with Gasteiger partial charge in [0.15, 0.2) is 0 Å². The van der Waals surface area contributed by atoms with Gasteiger partial charge in [-0.15, -0.1) is 0 Å². The van der Waals surface area contributed by atoms with Crippen LogP contribution in [0.1, 0.15) is 5.82 Å². The summed E-state index contributed by atoms with van der Waals surface area (Å²) in [7, 11) is 0. The van der Waals surface area contributed by atoms with Crippen molar-refractivity contribution in [2.45, 2.75) is 13.5 Å². The molecule has 0 saturated carbocycles. The summed E-state index contributed by atoms with van der Waals surface area (Å²) in [5, 5.41) is 8.87. The third kappa shape index (κ3) is 3.73. The van der Waals surface area contributed by atoms with E-state index in [0.717, 1.165) is 11.4 Å². The third-order valence-corrected chi connectivity index (χ3v) is 5.70. The van der Waals surface area contributed by atoms with E-state index in [9.17, 15) is 9.59 Å². The van der Waals surface area contributed by atoms with Crippen molar-refractivity contribution in [3.05, 3.63) is 77.0 Å². The summed E-state index contributed by atoms with van der Waals surface area (Å²) >= 11 is 0. The second-order valence-corrected chi connectivity index (χ2v) is 7.76. The molecule has 3 aromatic heterocycles. The molecule has 9 heteroatoms. The first kappa shape index (κ1) is 19.9. The molecule has 0 spiro atoms. The van der Waals surface area contributed by atoms with E-state index >= 15 is 0 Å². The lowest BCUT2D eigenvalue weighted by atomic mass is 10.1. The molecule has 0 atom stereocenters. The van der Waals surface area contributed by atoms with Crippen molar-refractivity contribution in [1.29, 1.82) is 0 Å². The first-order chi connectivity index (χ1) is 15.6. The van der Waals surface area contributed by atoms with Crippen LogP contribution in [0.4, 0.5) is 5.82 Å². The number of carbonyl (C=O) groups is 1. The number of piperazine rings is 1. The lowest BCUT2D eigenvalue weighted by molar-refractivity contribution is -0.132. The van der Waals surface area contributed by atoms with E-state index in [2.05, 4.69) is 20.1 Å². The van der Waals surface area contributed by atoms with Crippen LogP contribution in [0, 0.1) is 6.92 Å². The van der Waals surface area contributed by atoms with Crippen LogP contribution in [0.25, 0.3) is 16.8 Å². The highest BCUT2D eigenvalue weighted by molar-refractivity contribution is 5.76. The van der Waals surface area contributed by atoms with E-state index < -0.39 is 0 Å². The standard InChI is InChI=1S/C23H23N7O2/c1-17-25-29(23(32)20-15-19(26-30(17)20)18-7-3-2-4-8-18)16-22(31)28-13-11-27(12-14-28)21-9-5-6-10-24-21/h2-10,15H,11-14,16H2,1H3. The molecule has 1 amide bonds. The number of aryl methyl sites for hydroxylation is 1. The molecule has 1 fully saturated rings. The fourth-order valence-corrected chi connectivity index (χ4v) is 3.99. The summed E-state index contributed by atoms with van der Waals surface area (Å²) in [6.07, 6.45) is 1.77. The number of fused-ring (bicyclic) bond motifs is 1. The van der Waals surface area contributed by atoms with Gasteiger partial charge in [-0.3, -0.25) is 9.59 Å². The Morgan fingerprint density at radius 2 is 1.72 bits per heavy atom. The Bertz CT molecular complexity index is 1310. The zero-order chi connectivity index (χ0) is 22.1. The van der Waals surface area contributed by atoms with Gasteiger partial charge < -0.3 is 9.80 Å². The quantitative estimate of drug-likeness (QED) is 0.490. The van der Waals surface area contributed by atoms with Crippen molar-refractivity contribution < 1.29 is 4.79 Å². The predicted molar refractivity (Wildman–Crippen MR) is 120 cm³/mol. The molecule has 0 bridgehead atoms. The first-order valence-corrected chi connectivity index (χ1v) is 10.6. The van der Waals surface area contributed by atoms with Crippen LogP contribution in [-0.4, -0.2) is 61.4 Å². The van der Waals surface area contributed by atoms with E-state index in [1.54, 1.807) is 24.1 Å². The Labute approximate surface area is 184 Å². The summed E-state index contributed by atoms with van der Waals surface area (Å²) in [5.74, 6) is 1.34. The highest BCUT2D eigenvalue weighted by Crippen LogP contribution is 2.18. The van der Waals surface area contributed by atoms with Crippen LogP contribution in [0.15, 0.2) is 65.6 Å². The normalized spacial score (nSPS) is 14.2. The van der Waals surface area contributed by atoms with Crippen molar-refractivity contribution in [2.24, 2.45) is 0 Å². The van der Waals surface area contributed by atoms with E-state index in [1.807, 2.05) is 48.5 Å². The number of nitrogens with zero attached hydrogens (tertiary/aromatic N) is 7. The molecule has 4 heterocycles. The predicted octanol–water partition coefficient (Wildman–Crippen LogP) is 1.61. The molecule has 0 radical (unpaired) electrons. The van der Waals surface area contributed by atoms with Crippen molar-refractivity contribution in [3.8, 4) is 11.3 Å².